The van der Waals surface area contributed by atoms with E-state index in [0.717, 1.165) is 53.5 Å². The van der Waals surface area contributed by atoms with Crippen LogP contribution >= 0.6 is 0 Å². The first-order chi connectivity index (χ1) is 22.2. The summed E-state index contributed by atoms with van der Waals surface area (Å²) in [6.07, 6.45) is 9.18. The van der Waals surface area contributed by atoms with E-state index in [1.807, 2.05) is 26.0 Å². The van der Waals surface area contributed by atoms with E-state index in [1.54, 1.807) is 0 Å². The van der Waals surface area contributed by atoms with E-state index in [2.05, 4.69) is 61.1 Å². The van der Waals surface area contributed by atoms with E-state index in [-0.39, 0.29) is 30.5 Å². The Balaban J connectivity index is 1.31. The fraction of sp³-hybridized carbons (Fsp3) is 0.325. The highest BCUT2D eigenvalue weighted by Crippen LogP contribution is 2.32. The van der Waals surface area contributed by atoms with Crippen molar-refractivity contribution in [2.24, 2.45) is 11.8 Å². The standard InChI is InChI=1S/C40H40F2O4/c1-5-40(43)46-25-33-16-13-32(14-17-33)12-9-30-7-10-31(11-8-30)15-18-34-21-28(3)36(29(4)22-34)20-19-35-23-38(41)37(39(42)24-35)26-45-27-44-6-2/h5-8,10-11,21-24,32-33H,1-2,9,12-14,16-17,25-27H2,3-4H3. The van der Waals surface area contributed by atoms with Crippen LogP contribution in [0.25, 0.3) is 0 Å². The van der Waals surface area contributed by atoms with Gasteiger partial charge in [-0.05, 0) is 104 Å². The van der Waals surface area contributed by atoms with Crippen molar-refractivity contribution in [1.29, 1.82) is 0 Å². The molecule has 3 aromatic rings. The molecular formula is C40H40F2O4. The van der Waals surface area contributed by atoms with Crippen LogP contribution in [0.15, 0.2) is 74.0 Å². The van der Waals surface area contributed by atoms with Gasteiger partial charge in [0.25, 0.3) is 0 Å². The van der Waals surface area contributed by atoms with Gasteiger partial charge < -0.3 is 14.2 Å². The summed E-state index contributed by atoms with van der Waals surface area (Å²) >= 11 is 0. The van der Waals surface area contributed by atoms with Gasteiger partial charge in [-0.3, -0.25) is 0 Å². The summed E-state index contributed by atoms with van der Waals surface area (Å²) in [4.78, 5) is 11.3. The lowest BCUT2D eigenvalue weighted by Crippen LogP contribution is -2.20. The van der Waals surface area contributed by atoms with Crippen molar-refractivity contribution in [3.63, 3.8) is 0 Å². The molecule has 0 spiro atoms. The monoisotopic (exact) mass is 622 g/mol. The average molecular weight is 623 g/mol. The van der Waals surface area contributed by atoms with Crippen molar-refractivity contribution < 1.29 is 27.8 Å². The van der Waals surface area contributed by atoms with Gasteiger partial charge in [0.1, 0.15) is 11.6 Å². The fourth-order valence-electron chi connectivity index (χ4n) is 5.64. The Morgan fingerprint density at radius 1 is 0.848 bits per heavy atom. The molecule has 6 heteroatoms. The van der Waals surface area contributed by atoms with Crippen LogP contribution in [-0.4, -0.2) is 19.4 Å². The van der Waals surface area contributed by atoms with Gasteiger partial charge in [0.2, 0.25) is 0 Å². The molecule has 0 aliphatic heterocycles. The minimum absolute atomic E-state index is 0.141. The number of halogens is 2. The molecule has 0 radical (unpaired) electrons. The predicted octanol–water partition coefficient (Wildman–Crippen LogP) is 8.48. The summed E-state index contributed by atoms with van der Waals surface area (Å²) in [5, 5.41) is 0. The molecule has 0 N–H and O–H groups in total. The number of benzene rings is 3. The van der Waals surface area contributed by atoms with E-state index < -0.39 is 11.6 Å². The molecule has 4 nitrogen and oxygen atoms in total. The molecule has 46 heavy (non-hydrogen) atoms. The van der Waals surface area contributed by atoms with E-state index in [1.165, 1.54) is 42.9 Å². The van der Waals surface area contributed by atoms with Gasteiger partial charge in [0, 0.05) is 33.9 Å². The Morgan fingerprint density at radius 2 is 1.43 bits per heavy atom. The Hall–Kier alpha value is -4.65. The maximum atomic E-state index is 14.5. The van der Waals surface area contributed by atoms with E-state index in [9.17, 15) is 13.6 Å². The molecule has 0 saturated heterocycles. The summed E-state index contributed by atoms with van der Waals surface area (Å²) in [5.74, 6) is 11.9. The van der Waals surface area contributed by atoms with Gasteiger partial charge in [-0.25, -0.2) is 13.6 Å². The third-order valence-corrected chi connectivity index (χ3v) is 8.26. The minimum Gasteiger partial charge on any atom is -0.476 e. The lowest BCUT2D eigenvalue weighted by Gasteiger charge is -2.28. The number of hydrogen-bond acceptors (Lipinski definition) is 4. The number of aryl methyl sites for hydroxylation is 3. The SMILES string of the molecule is C=COCOCc1c(F)cc(C#Cc2c(C)cc(C#Cc3ccc(CCC4CCC(COC(=O)C=C)CC4)cc3)cc2C)cc1F. The third kappa shape index (κ3) is 10.2. The topological polar surface area (TPSA) is 44.8 Å². The molecule has 1 fully saturated rings. The number of carbonyl (C=O) groups is 1. The van der Waals surface area contributed by atoms with Gasteiger partial charge in [0.15, 0.2) is 6.79 Å². The molecule has 0 amide bonds. The van der Waals surface area contributed by atoms with Crippen molar-refractivity contribution >= 4 is 5.97 Å². The van der Waals surface area contributed by atoms with Gasteiger partial charge in [-0.1, -0.05) is 61.8 Å². The van der Waals surface area contributed by atoms with E-state index in [4.69, 9.17) is 14.2 Å². The number of ether oxygens (including phenoxy) is 3. The third-order valence-electron chi connectivity index (χ3n) is 8.26. The van der Waals surface area contributed by atoms with Crippen molar-refractivity contribution in [3.05, 3.63) is 130 Å². The summed E-state index contributed by atoms with van der Waals surface area (Å²) in [7, 11) is 0. The van der Waals surface area contributed by atoms with Crippen LogP contribution in [0.4, 0.5) is 8.78 Å². The molecule has 3 aromatic carbocycles. The molecule has 0 atom stereocenters. The Kier molecular flexibility index (Phi) is 12.8. The molecular weight excluding hydrogens is 582 g/mol. The van der Waals surface area contributed by atoms with Crippen LogP contribution in [0, 0.1) is 61.0 Å². The maximum Gasteiger partial charge on any atom is 0.330 e. The maximum absolute atomic E-state index is 14.5. The zero-order valence-electron chi connectivity index (χ0n) is 26.6. The summed E-state index contributed by atoms with van der Waals surface area (Å²) < 4.78 is 44.1. The van der Waals surface area contributed by atoms with Crippen LogP contribution in [0.3, 0.4) is 0 Å². The molecule has 0 aromatic heterocycles. The Bertz CT molecular complexity index is 1610. The quantitative estimate of drug-likeness (QED) is 0.0538. The first kappa shape index (κ1) is 34.2. The van der Waals surface area contributed by atoms with Crippen LogP contribution in [0.5, 0.6) is 0 Å². The zero-order valence-corrected chi connectivity index (χ0v) is 26.6. The minimum atomic E-state index is -0.723. The second-order valence-corrected chi connectivity index (χ2v) is 11.7. The highest BCUT2D eigenvalue weighted by atomic mass is 19.1. The van der Waals surface area contributed by atoms with Gasteiger partial charge in [-0.15, -0.1) is 0 Å². The second kappa shape index (κ2) is 17.2. The van der Waals surface area contributed by atoms with E-state index in [0.29, 0.717) is 18.4 Å². The fourth-order valence-corrected chi connectivity index (χ4v) is 5.64. The molecule has 0 bridgehead atoms. The number of esters is 1. The van der Waals surface area contributed by atoms with Gasteiger partial charge in [0.05, 0.1) is 19.5 Å². The first-order valence-corrected chi connectivity index (χ1v) is 15.6. The number of carbonyl (C=O) groups excluding carboxylic acids is 1. The highest BCUT2D eigenvalue weighted by molar-refractivity contribution is 5.81. The molecule has 1 aliphatic carbocycles. The van der Waals surface area contributed by atoms with Crippen LogP contribution in [0.2, 0.25) is 0 Å². The number of rotatable bonds is 11. The number of hydrogen-bond donors (Lipinski definition) is 0. The highest BCUT2D eigenvalue weighted by Gasteiger charge is 2.22. The van der Waals surface area contributed by atoms with Crippen LogP contribution < -0.4 is 0 Å². The lowest BCUT2D eigenvalue weighted by atomic mass is 9.80. The normalized spacial score (nSPS) is 15.5. The molecule has 0 unspecified atom stereocenters. The molecule has 4 rings (SSSR count). The molecule has 1 aliphatic rings. The summed E-state index contributed by atoms with van der Waals surface area (Å²) in [6.45, 7) is 10.8. The van der Waals surface area contributed by atoms with Crippen LogP contribution in [-0.2, 0) is 32.0 Å². The molecule has 238 valence electrons. The Labute approximate surface area is 271 Å². The largest absolute Gasteiger partial charge is 0.476 e. The lowest BCUT2D eigenvalue weighted by molar-refractivity contribution is -0.139. The summed E-state index contributed by atoms with van der Waals surface area (Å²) in [6, 6.07) is 14.8. The smallest absolute Gasteiger partial charge is 0.330 e. The molecule has 1 saturated carbocycles. The second-order valence-electron chi connectivity index (χ2n) is 11.7. The van der Waals surface area contributed by atoms with Crippen molar-refractivity contribution in [3.8, 4) is 23.7 Å². The molecule has 0 heterocycles. The van der Waals surface area contributed by atoms with Gasteiger partial charge in [-0.2, -0.15) is 0 Å². The average Bonchev–Trinajstić information content (AvgIpc) is 3.05. The Morgan fingerprint density at radius 3 is 2.07 bits per heavy atom. The zero-order chi connectivity index (χ0) is 32.9. The van der Waals surface area contributed by atoms with Crippen molar-refractivity contribution in [2.45, 2.75) is 59.0 Å². The van der Waals surface area contributed by atoms with Gasteiger partial charge >= 0.3 is 5.97 Å². The van der Waals surface area contributed by atoms with Crippen molar-refractivity contribution in [2.75, 3.05) is 13.4 Å². The predicted molar refractivity (Wildman–Crippen MR) is 177 cm³/mol. The van der Waals surface area contributed by atoms with Crippen LogP contribution in [0.1, 0.15) is 76.6 Å². The summed E-state index contributed by atoms with van der Waals surface area (Å²) in [5.41, 5.74) is 5.87. The first-order valence-electron chi connectivity index (χ1n) is 15.6. The van der Waals surface area contributed by atoms with Crippen molar-refractivity contribution in [1.82, 2.24) is 0 Å². The van der Waals surface area contributed by atoms with E-state index >= 15 is 0 Å².